The van der Waals surface area contributed by atoms with Crippen LogP contribution in [0.25, 0.3) is 0 Å². The summed E-state index contributed by atoms with van der Waals surface area (Å²) in [7, 11) is 1.58. The Hall–Kier alpha value is -2.89. The number of hydrogen-bond donors (Lipinski definition) is 3. The molecule has 0 atom stereocenters. The van der Waals surface area contributed by atoms with Crippen molar-refractivity contribution in [3.05, 3.63) is 58.9 Å². The average Bonchev–Trinajstić information content (AvgIpc) is 2.55. The Balaban J connectivity index is 1.98. The van der Waals surface area contributed by atoms with Crippen molar-refractivity contribution >= 4 is 17.6 Å². The zero-order valence-electron chi connectivity index (χ0n) is 13.4. The number of pyridine rings is 1. The molecule has 0 bridgehead atoms. The lowest BCUT2D eigenvalue weighted by Gasteiger charge is -2.11. The first-order valence-electron chi connectivity index (χ1n) is 7.29. The van der Waals surface area contributed by atoms with Crippen molar-refractivity contribution in [2.45, 2.75) is 20.4 Å². The van der Waals surface area contributed by atoms with Gasteiger partial charge >= 0.3 is 6.03 Å². The van der Waals surface area contributed by atoms with Crippen LogP contribution in [0.1, 0.15) is 27.2 Å². The standard InChI is InChI=1S/C17H20N4O2/c1-11-5-4-8-19-15(11)10-20-17(23)21-14-7-6-13(9-12(14)2)16(22)18-3/h4-9H,10H2,1-3H3,(H,18,22)(H2,20,21,23). The molecule has 0 aliphatic carbocycles. The van der Waals surface area contributed by atoms with Gasteiger partial charge < -0.3 is 16.0 Å². The molecule has 0 radical (unpaired) electrons. The van der Waals surface area contributed by atoms with Gasteiger partial charge in [-0.2, -0.15) is 0 Å². The molecule has 6 heteroatoms. The lowest BCUT2D eigenvalue weighted by Crippen LogP contribution is -2.29. The summed E-state index contributed by atoms with van der Waals surface area (Å²) in [6, 6.07) is 8.61. The van der Waals surface area contributed by atoms with Crippen LogP contribution in [0.2, 0.25) is 0 Å². The van der Waals surface area contributed by atoms with Crippen LogP contribution in [0, 0.1) is 13.8 Å². The molecule has 1 aromatic heterocycles. The Morgan fingerprint density at radius 1 is 1.13 bits per heavy atom. The quantitative estimate of drug-likeness (QED) is 0.810. The number of rotatable bonds is 4. The molecule has 120 valence electrons. The smallest absolute Gasteiger partial charge is 0.319 e. The molecule has 1 heterocycles. The minimum absolute atomic E-state index is 0.158. The molecule has 23 heavy (non-hydrogen) atoms. The highest BCUT2D eigenvalue weighted by Gasteiger charge is 2.09. The van der Waals surface area contributed by atoms with Crippen molar-refractivity contribution in [3.63, 3.8) is 0 Å². The Morgan fingerprint density at radius 3 is 2.57 bits per heavy atom. The van der Waals surface area contributed by atoms with E-state index in [1.54, 1.807) is 31.4 Å². The topological polar surface area (TPSA) is 83.1 Å². The van der Waals surface area contributed by atoms with E-state index in [4.69, 9.17) is 0 Å². The summed E-state index contributed by atoms with van der Waals surface area (Å²) in [4.78, 5) is 27.8. The highest BCUT2D eigenvalue weighted by Crippen LogP contribution is 2.16. The summed E-state index contributed by atoms with van der Waals surface area (Å²) < 4.78 is 0. The van der Waals surface area contributed by atoms with Crippen LogP contribution in [0.5, 0.6) is 0 Å². The second kappa shape index (κ2) is 7.40. The zero-order valence-corrected chi connectivity index (χ0v) is 13.4. The monoisotopic (exact) mass is 312 g/mol. The molecule has 0 spiro atoms. The third-order valence-corrected chi connectivity index (χ3v) is 3.50. The van der Waals surface area contributed by atoms with Gasteiger partial charge in [0.25, 0.3) is 5.91 Å². The van der Waals surface area contributed by atoms with Gasteiger partial charge in [0.05, 0.1) is 12.2 Å². The number of nitrogens with zero attached hydrogens (tertiary/aromatic N) is 1. The Labute approximate surface area is 135 Å². The molecule has 3 amide bonds. The molecule has 0 saturated heterocycles. The number of aromatic nitrogens is 1. The van der Waals surface area contributed by atoms with Gasteiger partial charge in [-0.1, -0.05) is 6.07 Å². The highest BCUT2D eigenvalue weighted by molar-refractivity contribution is 5.96. The van der Waals surface area contributed by atoms with Gasteiger partial charge in [-0.05, 0) is 49.2 Å². The van der Waals surface area contributed by atoms with E-state index in [1.807, 2.05) is 26.0 Å². The van der Waals surface area contributed by atoms with Gasteiger partial charge in [-0.15, -0.1) is 0 Å². The molecular formula is C17H20N4O2. The molecule has 0 aliphatic rings. The van der Waals surface area contributed by atoms with Crippen LogP contribution in [-0.4, -0.2) is 24.0 Å². The van der Waals surface area contributed by atoms with Crippen LogP contribution < -0.4 is 16.0 Å². The van der Waals surface area contributed by atoms with E-state index in [0.29, 0.717) is 17.8 Å². The molecule has 0 aliphatic heterocycles. The fourth-order valence-electron chi connectivity index (χ4n) is 2.12. The molecule has 2 aromatic rings. The van der Waals surface area contributed by atoms with E-state index >= 15 is 0 Å². The normalized spacial score (nSPS) is 10.0. The molecule has 2 rings (SSSR count). The van der Waals surface area contributed by atoms with Crippen LogP contribution >= 0.6 is 0 Å². The van der Waals surface area contributed by atoms with Gasteiger partial charge in [0.1, 0.15) is 0 Å². The SMILES string of the molecule is CNC(=O)c1ccc(NC(=O)NCc2ncccc2C)c(C)c1. The Morgan fingerprint density at radius 2 is 1.91 bits per heavy atom. The number of carbonyl (C=O) groups is 2. The minimum atomic E-state index is -0.314. The van der Waals surface area contributed by atoms with E-state index in [0.717, 1.165) is 16.8 Å². The van der Waals surface area contributed by atoms with E-state index < -0.39 is 0 Å². The number of hydrogen-bond acceptors (Lipinski definition) is 3. The fraction of sp³-hybridized carbons (Fsp3) is 0.235. The van der Waals surface area contributed by atoms with Gasteiger partial charge in [-0.3, -0.25) is 9.78 Å². The molecule has 6 nitrogen and oxygen atoms in total. The third kappa shape index (κ3) is 4.29. The molecular weight excluding hydrogens is 292 g/mol. The van der Waals surface area contributed by atoms with Crippen LogP contribution in [-0.2, 0) is 6.54 Å². The first-order chi connectivity index (χ1) is 11.0. The number of urea groups is 1. The molecule has 0 fully saturated rings. The Bertz CT molecular complexity index is 728. The zero-order chi connectivity index (χ0) is 16.8. The molecule has 0 unspecified atom stereocenters. The molecule has 3 N–H and O–H groups in total. The third-order valence-electron chi connectivity index (χ3n) is 3.50. The summed E-state index contributed by atoms with van der Waals surface area (Å²) in [6.45, 7) is 4.14. The maximum Gasteiger partial charge on any atom is 0.319 e. The number of benzene rings is 1. The van der Waals surface area contributed by atoms with E-state index in [1.165, 1.54) is 0 Å². The van der Waals surface area contributed by atoms with Crippen molar-refractivity contribution in [1.29, 1.82) is 0 Å². The lowest BCUT2D eigenvalue weighted by molar-refractivity contribution is 0.0963. The van der Waals surface area contributed by atoms with Crippen LogP contribution in [0.15, 0.2) is 36.5 Å². The maximum atomic E-state index is 12.0. The highest BCUT2D eigenvalue weighted by atomic mass is 16.2. The summed E-state index contributed by atoms with van der Waals surface area (Å²) in [5, 5.41) is 8.11. The van der Waals surface area contributed by atoms with E-state index in [9.17, 15) is 9.59 Å². The van der Waals surface area contributed by atoms with E-state index in [2.05, 4.69) is 20.9 Å². The lowest BCUT2D eigenvalue weighted by atomic mass is 10.1. The predicted octanol–water partition coefficient (Wildman–Crippen LogP) is 2.38. The van der Waals surface area contributed by atoms with Crippen molar-refractivity contribution in [2.24, 2.45) is 0 Å². The largest absolute Gasteiger partial charge is 0.355 e. The number of amides is 3. The van der Waals surface area contributed by atoms with Gasteiger partial charge in [0, 0.05) is 24.5 Å². The van der Waals surface area contributed by atoms with Crippen molar-refractivity contribution in [2.75, 3.05) is 12.4 Å². The fourth-order valence-corrected chi connectivity index (χ4v) is 2.12. The number of anilines is 1. The first-order valence-corrected chi connectivity index (χ1v) is 7.29. The van der Waals surface area contributed by atoms with E-state index in [-0.39, 0.29) is 11.9 Å². The molecule has 0 saturated carbocycles. The van der Waals surface area contributed by atoms with Crippen molar-refractivity contribution in [1.82, 2.24) is 15.6 Å². The maximum absolute atomic E-state index is 12.0. The summed E-state index contributed by atoms with van der Waals surface area (Å²) in [5.74, 6) is -0.158. The molecule has 1 aromatic carbocycles. The van der Waals surface area contributed by atoms with Crippen LogP contribution in [0.3, 0.4) is 0 Å². The summed E-state index contributed by atoms with van der Waals surface area (Å²) in [5.41, 5.74) is 3.89. The van der Waals surface area contributed by atoms with Gasteiger partial charge in [-0.25, -0.2) is 4.79 Å². The number of nitrogens with one attached hydrogen (secondary N) is 3. The van der Waals surface area contributed by atoms with Crippen molar-refractivity contribution < 1.29 is 9.59 Å². The second-order valence-corrected chi connectivity index (χ2v) is 5.18. The summed E-state index contributed by atoms with van der Waals surface area (Å²) >= 11 is 0. The second-order valence-electron chi connectivity index (χ2n) is 5.18. The minimum Gasteiger partial charge on any atom is -0.355 e. The summed E-state index contributed by atoms with van der Waals surface area (Å²) in [6.07, 6.45) is 1.70. The first kappa shape index (κ1) is 16.5. The van der Waals surface area contributed by atoms with Crippen molar-refractivity contribution in [3.8, 4) is 0 Å². The average molecular weight is 312 g/mol. The number of aryl methyl sites for hydroxylation is 2. The van der Waals surface area contributed by atoms with Gasteiger partial charge in [0.2, 0.25) is 0 Å². The predicted molar refractivity (Wildman–Crippen MR) is 89.4 cm³/mol. The number of carbonyl (C=O) groups excluding carboxylic acids is 2. The van der Waals surface area contributed by atoms with Gasteiger partial charge in [0.15, 0.2) is 0 Å². The van der Waals surface area contributed by atoms with Crippen LogP contribution in [0.4, 0.5) is 10.5 Å². The Kier molecular flexibility index (Phi) is 5.30.